The summed E-state index contributed by atoms with van der Waals surface area (Å²) in [5.74, 6) is -0.712. The van der Waals surface area contributed by atoms with Crippen molar-refractivity contribution in [2.45, 2.75) is 6.92 Å². The predicted octanol–water partition coefficient (Wildman–Crippen LogP) is 5.82. The van der Waals surface area contributed by atoms with Crippen LogP contribution in [0.15, 0.2) is 110 Å². The highest BCUT2D eigenvalue weighted by Crippen LogP contribution is 2.38. The van der Waals surface area contributed by atoms with E-state index in [9.17, 15) is 14.4 Å². The van der Waals surface area contributed by atoms with Gasteiger partial charge in [0.05, 0.1) is 0 Å². The molecule has 35 heavy (non-hydrogen) atoms. The van der Waals surface area contributed by atoms with Crippen molar-refractivity contribution in [3.05, 3.63) is 110 Å². The molecule has 0 saturated heterocycles. The topological polar surface area (TPSA) is 82.1 Å². The minimum Gasteiger partial charge on any atom is -0.423 e. The lowest BCUT2D eigenvalue weighted by Crippen LogP contribution is -2.12. The molecule has 7 heteroatoms. The number of benzene rings is 3. The van der Waals surface area contributed by atoms with Gasteiger partial charge < -0.3 is 19.1 Å². The second-order valence-corrected chi connectivity index (χ2v) is 7.24. The summed E-state index contributed by atoms with van der Waals surface area (Å²) in [4.78, 5) is 37.1. The second-order valence-electron chi connectivity index (χ2n) is 7.24. The van der Waals surface area contributed by atoms with Crippen molar-refractivity contribution in [2.75, 3.05) is 4.90 Å². The van der Waals surface area contributed by atoms with Crippen molar-refractivity contribution in [1.82, 2.24) is 0 Å². The summed E-state index contributed by atoms with van der Waals surface area (Å²) < 4.78 is 15.8. The number of anilines is 3. The maximum Gasteiger partial charge on any atom is 0.338 e. The van der Waals surface area contributed by atoms with E-state index in [-0.39, 0.29) is 5.57 Å². The minimum absolute atomic E-state index is 0.272. The van der Waals surface area contributed by atoms with E-state index in [4.69, 9.17) is 14.2 Å². The quantitative estimate of drug-likeness (QED) is 0.222. The standard InChI is InChI=1S/C28H23NO6/c1-5-26(30)33-23-15-13-20(14-16-23)29(21-9-7-11-24(17-21)34-27(31)6-2)22-10-8-12-25(18-22)35-28(32)19(3)4/h5-18H,1-3H2,4H3. The molecule has 0 aliphatic heterocycles. The third kappa shape index (κ3) is 6.55. The Morgan fingerprint density at radius 2 is 1.17 bits per heavy atom. The molecule has 7 nitrogen and oxygen atoms in total. The molecule has 0 fully saturated rings. The van der Waals surface area contributed by atoms with E-state index in [1.165, 1.54) is 0 Å². The molecule has 0 bridgehead atoms. The van der Waals surface area contributed by atoms with Crippen LogP contribution in [-0.2, 0) is 14.4 Å². The summed E-state index contributed by atoms with van der Waals surface area (Å²) in [6.07, 6.45) is 2.15. The maximum absolute atomic E-state index is 12.0. The number of esters is 3. The third-order valence-corrected chi connectivity index (χ3v) is 4.58. The molecule has 176 valence electrons. The van der Waals surface area contributed by atoms with Crippen molar-refractivity contribution in [1.29, 1.82) is 0 Å². The molecular formula is C28H23NO6. The summed E-state index contributed by atoms with van der Waals surface area (Å²) in [5.41, 5.74) is 2.27. The number of ether oxygens (including phenoxy) is 3. The SMILES string of the molecule is C=CC(=O)Oc1ccc(N(c2cccc(OC(=O)C=C)c2)c2cccc(OC(=O)C(=C)C)c2)cc1. The van der Waals surface area contributed by atoms with Gasteiger partial charge in [-0.25, -0.2) is 14.4 Å². The Morgan fingerprint density at radius 3 is 1.66 bits per heavy atom. The largest absolute Gasteiger partial charge is 0.423 e. The van der Waals surface area contributed by atoms with Gasteiger partial charge in [-0.15, -0.1) is 0 Å². The average molecular weight is 469 g/mol. The number of nitrogens with zero attached hydrogens (tertiary/aromatic N) is 1. The van der Waals surface area contributed by atoms with E-state index < -0.39 is 17.9 Å². The van der Waals surface area contributed by atoms with Crippen molar-refractivity contribution in [3.63, 3.8) is 0 Å². The van der Waals surface area contributed by atoms with Gasteiger partial charge in [-0.3, -0.25) is 0 Å². The summed E-state index contributed by atoms with van der Waals surface area (Å²) in [6.45, 7) is 12.0. The number of hydrogen-bond acceptors (Lipinski definition) is 7. The van der Waals surface area contributed by atoms with Gasteiger partial charge >= 0.3 is 17.9 Å². The van der Waals surface area contributed by atoms with Gasteiger partial charge in [-0.1, -0.05) is 31.9 Å². The van der Waals surface area contributed by atoms with Gasteiger partial charge in [-0.2, -0.15) is 0 Å². The number of carbonyl (C=O) groups excluding carboxylic acids is 3. The fourth-order valence-corrected chi connectivity index (χ4v) is 2.99. The Kier molecular flexibility index (Phi) is 7.98. The zero-order valence-corrected chi connectivity index (χ0v) is 19.1. The Balaban J connectivity index is 2.06. The van der Waals surface area contributed by atoms with E-state index in [1.54, 1.807) is 67.6 Å². The van der Waals surface area contributed by atoms with Gasteiger partial charge in [0.2, 0.25) is 0 Å². The Bertz CT molecular complexity index is 1290. The zero-order chi connectivity index (χ0) is 25.4. The van der Waals surface area contributed by atoms with Gasteiger partial charge in [0, 0.05) is 46.9 Å². The van der Waals surface area contributed by atoms with E-state index >= 15 is 0 Å². The molecule has 0 aliphatic carbocycles. The van der Waals surface area contributed by atoms with Crippen LogP contribution in [0.1, 0.15) is 6.92 Å². The molecule has 3 aromatic carbocycles. The molecule has 0 saturated carbocycles. The molecule has 0 unspecified atom stereocenters. The van der Waals surface area contributed by atoms with Crippen LogP contribution >= 0.6 is 0 Å². The van der Waals surface area contributed by atoms with E-state index in [2.05, 4.69) is 19.7 Å². The highest BCUT2D eigenvalue weighted by Gasteiger charge is 2.16. The van der Waals surface area contributed by atoms with Crippen molar-refractivity contribution in [3.8, 4) is 17.2 Å². The molecule has 0 spiro atoms. The monoisotopic (exact) mass is 469 g/mol. The maximum atomic E-state index is 12.0. The Hall–Kier alpha value is -4.91. The molecule has 0 amide bonds. The lowest BCUT2D eigenvalue weighted by molar-refractivity contribution is -0.130. The van der Waals surface area contributed by atoms with Gasteiger partial charge in [0.1, 0.15) is 17.2 Å². The first-order chi connectivity index (χ1) is 16.8. The molecule has 3 rings (SSSR count). The summed E-state index contributed by atoms with van der Waals surface area (Å²) in [7, 11) is 0. The first-order valence-corrected chi connectivity index (χ1v) is 10.5. The van der Waals surface area contributed by atoms with Crippen LogP contribution in [0.25, 0.3) is 0 Å². The Morgan fingerprint density at radius 1 is 0.686 bits per heavy atom. The summed E-state index contributed by atoms with van der Waals surface area (Å²) >= 11 is 0. The fourth-order valence-electron chi connectivity index (χ4n) is 2.99. The summed E-state index contributed by atoms with van der Waals surface area (Å²) in [5, 5.41) is 0. The Labute approximate surface area is 203 Å². The zero-order valence-electron chi connectivity index (χ0n) is 19.1. The van der Waals surface area contributed by atoms with E-state index in [0.29, 0.717) is 34.3 Å². The first kappa shape index (κ1) is 24.7. The van der Waals surface area contributed by atoms with Crippen LogP contribution in [0.3, 0.4) is 0 Å². The summed E-state index contributed by atoms with van der Waals surface area (Å²) in [6, 6.07) is 20.6. The normalized spacial score (nSPS) is 9.97. The molecule has 0 heterocycles. The van der Waals surface area contributed by atoms with Crippen LogP contribution < -0.4 is 19.1 Å². The molecule has 0 N–H and O–H groups in total. The number of rotatable bonds is 9. The van der Waals surface area contributed by atoms with Crippen LogP contribution in [-0.4, -0.2) is 17.9 Å². The van der Waals surface area contributed by atoms with Gasteiger partial charge in [0.15, 0.2) is 0 Å². The minimum atomic E-state index is -0.587. The van der Waals surface area contributed by atoms with Gasteiger partial charge in [-0.05, 0) is 55.5 Å². The molecule has 0 aromatic heterocycles. The number of carbonyl (C=O) groups is 3. The van der Waals surface area contributed by atoms with Crippen molar-refractivity contribution >= 4 is 35.0 Å². The molecule has 3 aromatic rings. The fraction of sp³-hybridized carbons (Fsp3) is 0.0357. The first-order valence-electron chi connectivity index (χ1n) is 10.5. The molecule has 0 aliphatic rings. The lowest BCUT2D eigenvalue weighted by atomic mass is 10.1. The van der Waals surface area contributed by atoms with Gasteiger partial charge in [0.25, 0.3) is 0 Å². The molecule has 0 radical (unpaired) electrons. The van der Waals surface area contributed by atoms with Crippen molar-refractivity contribution in [2.24, 2.45) is 0 Å². The predicted molar refractivity (Wildman–Crippen MR) is 133 cm³/mol. The van der Waals surface area contributed by atoms with Crippen LogP contribution in [0.5, 0.6) is 17.2 Å². The highest BCUT2D eigenvalue weighted by atomic mass is 16.5. The van der Waals surface area contributed by atoms with Crippen LogP contribution in [0.4, 0.5) is 17.1 Å². The second kappa shape index (κ2) is 11.3. The van der Waals surface area contributed by atoms with Crippen molar-refractivity contribution < 1.29 is 28.6 Å². The van der Waals surface area contributed by atoms with E-state index in [1.807, 2.05) is 17.0 Å². The number of hydrogen-bond donors (Lipinski definition) is 0. The lowest BCUT2D eigenvalue weighted by Gasteiger charge is -2.26. The molecular weight excluding hydrogens is 446 g/mol. The van der Waals surface area contributed by atoms with Crippen LogP contribution in [0.2, 0.25) is 0 Å². The third-order valence-electron chi connectivity index (χ3n) is 4.58. The molecule has 0 atom stereocenters. The highest BCUT2D eigenvalue weighted by molar-refractivity contribution is 5.89. The van der Waals surface area contributed by atoms with Crippen LogP contribution in [0, 0.1) is 0 Å². The average Bonchev–Trinajstić information content (AvgIpc) is 2.85. The van der Waals surface area contributed by atoms with E-state index in [0.717, 1.165) is 12.2 Å². The smallest absolute Gasteiger partial charge is 0.338 e.